The van der Waals surface area contributed by atoms with Crippen molar-refractivity contribution in [2.75, 3.05) is 40.6 Å². The van der Waals surface area contributed by atoms with Crippen LogP contribution in [0.5, 0.6) is 11.5 Å². The molecule has 1 aliphatic heterocycles. The number of nitrogens with two attached hydrogens (primary N) is 1. The van der Waals surface area contributed by atoms with E-state index >= 15 is 0 Å². The molecule has 10 heteroatoms. The maximum absolute atomic E-state index is 10.9. The van der Waals surface area contributed by atoms with Gasteiger partial charge in [-0.15, -0.1) is 0 Å². The molecule has 1 aromatic heterocycles. The van der Waals surface area contributed by atoms with E-state index in [1.807, 2.05) is 55.6 Å². The van der Waals surface area contributed by atoms with Gasteiger partial charge in [0.25, 0.3) is 0 Å². The number of rotatable bonds is 10. The Balaban J connectivity index is 0.000000258. The molecule has 3 N–H and O–H groups in total. The van der Waals surface area contributed by atoms with Gasteiger partial charge in [-0.2, -0.15) is 0 Å². The van der Waals surface area contributed by atoms with Crippen LogP contribution in [0.4, 0.5) is 0 Å². The minimum absolute atomic E-state index is 0.0451. The number of benzene rings is 2. The monoisotopic (exact) mass is 557 g/mol. The van der Waals surface area contributed by atoms with Crippen LogP contribution in [-0.4, -0.2) is 51.1 Å². The zero-order chi connectivity index (χ0) is 28.2. The van der Waals surface area contributed by atoms with Crippen LogP contribution in [0.25, 0.3) is 5.69 Å². The summed E-state index contributed by atoms with van der Waals surface area (Å²) in [6.45, 7) is 5.58. The molecule has 4 rings (SSSR count). The fourth-order valence-corrected chi connectivity index (χ4v) is 4.37. The highest BCUT2D eigenvalue weighted by atomic mass is 35.5. The molecule has 0 saturated heterocycles. The van der Waals surface area contributed by atoms with Crippen LogP contribution in [0, 0.1) is 0 Å². The predicted molar refractivity (Wildman–Crippen MR) is 150 cm³/mol. The summed E-state index contributed by atoms with van der Waals surface area (Å²) in [4.78, 5) is 10.9. The van der Waals surface area contributed by atoms with Gasteiger partial charge in [0.05, 0.1) is 45.4 Å². The topological polar surface area (TPSA) is 106 Å². The first-order valence-electron chi connectivity index (χ1n) is 12.6. The lowest BCUT2D eigenvalue weighted by atomic mass is 9.98. The molecule has 1 atom stereocenters. The molecular weight excluding hydrogens is 522 g/mol. The molecule has 0 fully saturated rings. The van der Waals surface area contributed by atoms with E-state index in [-0.39, 0.29) is 18.7 Å². The second-order valence-corrected chi connectivity index (χ2v) is 8.80. The molecule has 39 heavy (non-hydrogen) atoms. The Labute approximate surface area is 234 Å². The molecule has 0 radical (unpaired) electrons. The summed E-state index contributed by atoms with van der Waals surface area (Å²) in [5.74, 6) is 0.990. The lowest BCUT2D eigenvalue weighted by Crippen LogP contribution is -2.21. The molecule has 1 unspecified atom stereocenters. The van der Waals surface area contributed by atoms with E-state index in [9.17, 15) is 4.79 Å². The van der Waals surface area contributed by atoms with Gasteiger partial charge in [0.15, 0.2) is 11.5 Å². The fourth-order valence-electron chi connectivity index (χ4n) is 4.19. The average Bonchev–Trinajstić information content (AvgIpc) is 3.35. The van der Waals surface area contributed by atoms with Gasteiger partial charge in [-0.3, -0.25) is 0 Å². The maximum Gasteiger partial charge on any atom is 0.332 e. The molecule has 3 aromatic rings. The first kappa shape index (κ1) is 29.9. The summed E-state index contributed by atoms with van der Waals surface area (Å²) < 4.78 is 29.2. The van der Waals surface area contributed by atoms with Gasteiger partial charge in [-0.1, -0.05) is 23.7 Å². The second-order valence-electron chi connectivity index (χ2n) is 8.37. The van der Waals surface area contributed by atoms with Crippen molar-refractivity contribution in [2.24, 2.45) is 5.73 Å². The number of ether oxygens (including phenoxy) is 5. The number of nitrogens with zero attached hydrogens (tertiary/aromatic N) is 1. The zero-order valence-corrected chi connectivity index (χ0v) is 23.5. The van der Waals surface area contributed by atoms with E-state index in [0.29, 0.717) is 36.3 Å². The van der Waals surface area contributed by atoms with E-state index in [2.05, 4.69) is 20.7 Å². The highest BCUT2D eigenvalue weighted by Crippen LogP contribution is 2.43. The summed E-state index contributed by atoms with van der Waals surface area (Å²) in [7, 11) is 3.27. The number of nitrogens with one attached hydrogen (secondary N) is 1. The van der Waals surface area contributed by atoms with Crippen molar-refractivity contribution in [3.63, 3.8) is 0 Å². The van der Waals surface area contributed by atoms with Crippen LogP contribution < -0.4 is 20.5 Å². The Morgan fingerprint density at radius 1 is 1.13 bits per heavy atom. The van der Waals surface area contributed by atoms with Crippen LogP contribution in [-0.2, 0) is 25.6 Å². The summed E-state index contributed by atoms with van der Waals surface area (Å²) in [6.07, 6.45) is 3.16. The number of halogens is 1. The first-order valence-corrected chi connectivity index (χ1v) is 13.0. The molecule has 0 bridgehead atoms. The largest absolute Gasteiger partial charge is 0.493 e. The number of aromatic nitrogens is 1. The minimum atomic E-state index is -0.361. The van der Waals surface area contributed by atoms with Crippen molar-refractivity contribution in [3.05, 3.63) is 88.5 Å². The number of hydrogen-bond donors (Lipinski definition) is 2. The van der Waals surface area contributed by atoms with Crippen LogP contribution in [0.15, 0.2) is 66.6 Å². The van der Waals surface area contributed by atoms with Crippen molar-refractivity contribution >= 4 is 17.6 Å². The number of carbonyl (C=O) groups is 1. The molecule has 2 aromatic carbocycles. The lowest BCUT2D eigenvalue weighted by Gasteiger charge is -2.22. The fraction of sp³-hybridized carbons (Fsp3) is 0.345. The first-order chi connectivity index (χ1) is 19.0. The molecule has 210 valence electrons. The maximum atomic E-state index is 10.9. The summed E-state index contributed by atoms with van der Waals surface area (Å²) in [6, 6.07) is 15.8. The standard InChI is InChI=1S/C20H18ClNO3.C9H18N2O3/c1-23-18-7-3-6-15(20(18)24-2)19-16-11-13(21)8-9-17(16)22-10-4-5-14(22)12-25-19;1-3-11-8(5-10)6-13-7-9(12)14-4-2/h3-11,19H,12H2,1-2H3;5,11H,3-4,6-7,10H2,1-2H3/b;8-5-. The van der Waals surface area contributed by atoms with Crippen LogP contribution in [0.2, 0.25) is 5.02 Å². The number of esters is 1. The highest BCUT2D eigenvalue weighted by Gasteiger charge is 2.28. The lowest BCUT2D eigenvalue weighted by molar-refractivity contribution is -0.148. The van der Waals surface area contributed by atoms with Gasteiger partial charge < -0.3 is 39.3 Å². The highest BCUT2D eigenvalue weighted by molar-refractivity contribution is 6.30. The van der Waals surface area contributed by atoms with Gasteiger partial charge in [0.2, 0.25) is 0 Å². The minimum Gasteiger partial charge on any atom is -0.493 e. The van der Waals surface area contributed by atoms with Crippen LogP contribution >= 0.6 is 11.6 Å². The third kappa shape index (κ3) is 7.69. The van der Waals surface area contributed by atoms with E-state index in [1.165, 1.54) is 6.20 Å². The van der Waals surface area contributed by atoms with Crippen molar-refractivity contribution in [1.82, 2.24) is 9.88 Å². The Morgan fingerprint density at radius 3 is 2.64 bits per heavy atom. The number of hydrogen-bond acceptors (Lipinski definition) is 8. The second kappa shape index (κ2) is 15.1. The molecular formula is C29H36ClN3O6. The van der Waals surface area contributed by atoms with Gasteiger partial charge in [0.1, 0.15) is 12.7 Å². The number of methoxy groups -OCH3 is 2. The van der Waals surface area contributed by atoms with E-state index < -0.39 is 0 Å². The summed E-state index contributed by atoms with van der Waals surface area (Å²) >= 11 is 6.30. The van der Waals surface area contributed by atoms with Gasteiger partial charge in [-0.05, 0) is 50.2 Å². The smallest absolute Gasteiger partial charge is 0.332 e. The third-order valence-corrected chi connectivity index (χ3v) is 6.10. The molecule has 0 amide bonds. The van der Waals surface area contributed by atoms with E-state index in [4.69, 9.17) is 36.3 Å². The van der Waals surface area contributed by atoms with Crippen molar-refractivity contribution in [1.29, 1.82) is 0 Å². The van der Waals surface area contributed by atoms with E-state index in [1.54, 1.807) is 21.1 Å². The molecule has 0 spiro atoms. The summed E-state index contributed by atoms with van der Waals surface area (Å²) in [5.41, 5.74) is 10.1. The van der Waals surface area contributed by atoms with Crippen molar-refractivity contribution in [2.45, 2.75) is 26.6 Å². The molecule has 0 aliphatic carbocycles. The normalized spacial score (nSPS) is 14.2. The van der Waals surface area contributed by atoms with Gasteiger partial charge in [0, 0.05) is 40.8 Å². The van der Waals surface area contributed by atoms with Crippen LogP contribution in [0.1, 0.15) is 36.8 Å². The van der Waals surface area contributed by atoms with Gasteiger partial charge >= 0.3 is 5.97 Å². The number of carbonyl (C=O) groups excluding carboxylic acids is 1. The average molecular weight is 558 g/mol. The molecule has 9 nitrogen and oxygen atoms in total. The molecule has 1 aliphatic rings. The number of para-hydroxylation sites is 1. The van der Waals surface area contributed by atoms with Crippen molar-refractivity contribution in [3.8, 4) is 17.2 Å². The molecule has 0 saturated carbocycles. The van der Waals surface area contributed by atoms with Gasteiger partial charge in [-0.25, -0.2) is 4.79 Å². The Hall–Kier alpha value is -3.66. The van der Waals surface area contributed by atoms with Crippen molar-refractivity contribution < 1.29 is 28.5 Å². The SMILES string of the molecule is CCN/C(=C\N)COCC(=O)OCC.COc1cccc(C2OCc3cccn3-c3ccc(Cl)cc32)c1OC. The Morgan fingerprint density at radius 2 is 1.95 bits per heavy atom. The number of fused-ring (bicyclic) bond motifs is 3. The van der Waals surface area contributed by atoms with E-state index in [0.717, 1.165) is 34.8 Å². The Kier molecular flexibility index (Phi) is 11.5. The quantitative estimate of drug-likeness (QED) is 0.344. The number of likely N-dealkylation sites (N-methyl/N-ethyl adjacent to an activating group) is 1. The van der Waals surface area contributed by atoms with Crippen LogP contribution in [0.3, 0.4) is 0 Å². The predicted octanol–water partition coefficient (Wildman–Crippen LogP) is 4.74. The third-order valence-electron chi connectivity index (χ3n) is 5.87. The molecule has 2 heterocycles. The summed E-state index contributed by atoms with van der Waals surface area (Å²) in [5, 5.41) is 3.67. The Bertz CT molecular complexity index is 1260. The zero-order valence-electron chi connectivity index (χ0n) is 22.7.